The molecule has 0 aromatic heterocycles. The van der Waals surface area contributed by atoms with Gasteiger partial charge in [0.1, 0.15) is 6.29 Å². The first-order chi connectivity index (χ1) is 6.78. The normalized spacial score (nSPS) is 15.1. The lowest BCUT2D eigenvalue weighted by Gasteiger charge is -2.43. The summed E-state index contributed by atoms with van der Waals surface area (Å²) in [6.07, 6.45) is 0.651. The highest BCUT2D eigenvalue weighted by Gasteiger charge is 2.45. The topological polar surface area (TPSA) is 26.3 Å². The summed E-state index contributed by atoms with van der Waals surface area (Å²) in [5.74, 6) is 0. The molecule has 15 heavy (non-hydrogen) atoms. The Morgan fingerprint density at radius 3 is 1.40 bits per heavy atom. The van der Waals surface area contributed by atoms with Crippen LogP contribution in [0.25, 0.3) is 0 Å². The maximum Gasteiger partial charge on any atom is 0.201 e. The zero-order valence-electron chi connectivity index (χ0n) is 11.2. The van der Waals surface area contributed by atoms with Gasteiger partial charge in [0, 0.05) is 0 Å². The SMILES string of the molecule is CC(C=O)O[Si](C(C)C)(C(C)C)C(C)C. The molecule has 0 N–H and O–H groups in total. The molecular weight excluding hydrogens is 204 g/mol. The Kier molecular flexibility index (Phi) is 5.74. The summed E-state index contributed by atoms with van der Waals surface area (Å²) < 4.78 is 6.14. The average Bonchev–Trinajstić information content (AvgIpc) is 2.11. The van der Waals surface area contributed by atoms with Gasteiger partial charge in [-0.3, -0.25) is 0 Å². The molecular formula is C12H26O2Si. The van der Waals surface area contributed by atoms with Crippen molar-refractivity contribution in [2.24, 2.45) is 0 Å². The van der Waals surface area contributed by atoms with Crippen LogP contribution in [0.15, 0.2) is 0 Å². The van der Waals surface area contributed by atoms with Crippen molar-refractivity contribution < 1.29 is 9.22 Å². The molecule has 0 heterocycles. The van der Waals surface area contributed by atoms with Crippen LogP contribution in [-0.2, 0) is 9.22 Å². The number of hydrogen-bond donors (Lipinski definition) is 0. The Morgan fingerprint density at radius 1 is 0.867 bits per heavy atom. The summed E-state index contributed by atoms with van der Waals surface area (Å²) in [5.41, 5.74) is 1.62. The number of rotatable bonds is 6. The third-order valence-electron chi connectivity index (χ3n) is 3.29. The summed E-state index contributed by atoms with van der Waals surface area (Å²) in [4.78, 5) is 10.7. The van der Waals surface area contributed by atoms with Crippen molar-refractivity contribution in [3.63, 3.8) is 0 Å². The van der Waals surface area contributed by atoms with Crippen molar-refractivity contribution in [2.45, 2.75) is 71.2 Å². The molecule has 2 nitrogen and oxygen atoms in total. The number of hydrogen-bond acceptors (Lipinski definition) is 2. The fraction of sp³-hybridized carbons (Fsp3) is 0.917. The Hall–Kier alpha value is -0.153. The highest BCUT2D eigenvalue weighted by atomic mass is 28.4. The first-order valence-electron chi connectivity index (χ1n) is 5.92. The quantitative estimate of drug-likeness (QED) is 0.513. The van der Waals surface area contributed by atoms with Gasteiger partial charge in [-0.25, -0.2) is 0 Å². The van der Waals surface area contributed by atoms with Gasteiger partial charge in [-0.2, -0.15) is 0 Å². The van der Waals surface area contributed by atoms with Crippen molar-refractivity contribution in [3.05, 3.63) is 0 Å². The van der Waals surface area contributed by atoms with Gasteiger partial charge in [-0.15, -0.1) is 0 Å². The van der Waals surface area contributed by atoms with E-state index in [9.17, 15) is 4.79 Å². The molecule has 0 amide bonds. The zero-order chi connectivity index (χ0) is 12.2. The molecule has 0 aromatic carbocycles. The van der Waals surface area contributed by atoms with E-state index >= 15 is 0 Å². The fourth-order valence-corrected chi connectivity index (χ4v) is 8.27. The minimum absolute atomic E-state index is 0.260. The van der Waals surface area contributed by atoms with E-state index in [1.54, 1.807) is 0 Å². The maximum absolute atomic E-state index is 10.7. The third-order valence-corrected chi connectivity index (χ3v) is 9.48. The molecule has 0 aliphatic carbocycles. The second kappa shape index (κ2) is 5.80. The van der Waals surface area contributed by atoms with E-state index in [0.29, 0.717) is 16.6 Å². The highest BCUT2D eigenvalue weighted by molar-refractivity contribution is 6.77. The Balaban J connectivity index is 5.04. The molecule has 0 aliphatic rings. The average molecular weight is 230 g/mol. The first-order valence-corrected chi connectivity index (χ1v) is 8.06. The van der Waals surface area contributed by atoms with Crippen LogP contribution in [0.1, 0.15) is 48.5 Å². The van der Waals surface area contributed by atoms with Crippen molar-refractivity contribution in [3.8, 4) is 0 Å². The van der Waals surface area contributed by atoms with Crippen molar-refractivity contribution >= 4 is 14.6 Å². The van der Waals surface area contributed by atoms with E-state index in [-0.39, 0.29) is 6.10 Å². The summed E-state index contributed by atoms with van der Waals surface area (Å²) in [6, 6.07) is 0. The molecule has 0 aromatic rings. The molecule has 90 valence electrons. The second-order valence-electron chi connectivity index (χ2n) is 5.28. The molecule has 0 fully saturated rings. The molecule has 0 bridgehead atoms. The molecule has 0 radical (unpaired) electrons. The number of carbonyl (C=O) groups is 1. The molecule has 0 aliphatic heterocycles. The van der Waals surface area contributed by atoms with Crippen molar-refractivity contribution in [1.82, 2.24) is 0 Å². The fourth-order valence-electron chi connectivity index (χ4n) is 2.76. The van der Waals surface area contributed by atoms with Gasteiger partial charge >= 0.3 is 0 Å². The first kappa shape index (κ1) is 14.8. The zero-order valence-corrected chi connectivity index (χ0v) is 12.2. The largest absolute Gasteiger partial charge is 0.407 e. The van der Waals surface area contributed by atoms with Crippen LogP contribution in [-0.4, -0.2) is 20.7 Å². The van der Waals surface area contributed by atoms with Crippen LogP contribution in [0.5, 0.6) is 0 Å². The van der Waals surface area contributed by atoms with E-state index in [4.69, 9.17) is 4.43 Å². The molecule has 1 atom stereocenters. The lowest BCUT2D eigenvalue weighted by molar-refractivity contribution is -0.113. The Labute approximate surface area is 95.5 Å². The van der Waals surface area contributed by atoms with Crippen LogP contribution < -0.4 is 0 Å². The highest BCUT2D eigenvalue weighted by Crippen LogP contribution is 2.42. The standard InChI is InChI=1S/C12H26O2Si/c1-9(2)15(10(3)4,11(5)6)14-12(7)8-13/h8-12H,1-7H3. The summed E-state index contributed by atoms with van der Waals surface area (Å²) in [6.45, 7) is 15.2. The van der Waals surface area contributed by atoms with E-state index in [0.717, 1.165) is 6.29 Å². The Bertz CT molecular complexity index is 178. The van der Waals surface area contributed by atoms with Crippen LogP contribution in [0.4, 0.5) is 0 Å². The Morgan fingerprint density at radius 2 is 1.20 bits per heavy atom. The number of aldehydes is 1. The third kappa shape index (κ3) is 3.15. The van der Waals surface area contributed by atoms with Crippen LogP contribution >= 0.6 is 0 Å². The van der Waals surface area contributed by atoms with Gasteiger partial charge in [0.2, 0.25) is 8.32 Å². The summed E-state index contributed by atoms with van der Waals surface area (Å²) >= 11 is 0. The van der Waals surface area contributed by atoms with Gasteiger partial charge in [-0.1, -0.05) is 41.5 Å². The monoisotopic (exact) mass is 230 g/mol. The van der Waals surface area contributed by atoms with Gasteiger partial charge in [0.05, 0.1) is 6.10 Å². The van der Waals surface area contributed by atoms with E-state index in [1.807, 2.05) is 6.92 Å². The smallest absolute Gasteiger partial charge is 0.201 e. The minimum Gasteiger partial charge on any atom is -0.407 e. The molecule has 0 saturated carbocycles. The maximum atomic E-state index is 10.7. The van der Waals surface area contributed by atoms with E-state index < -0.39 is 8.32 Å². The molecule has 0 rings (SSSR count). The second-order valence-corrected chi connectivity index (χ2v) is 10.7. The molecule has 3 heteroatoms. The molecule has 0 saturated heterocycles. The summed E-state index contributed by atoms with van der Waals surface area (Å²) in [7, 11) is -1.84. The van der Waals surface area contributed by atoms with Gasteiger partial charge < -0.3 is 9.22 Å². The van der Waals surface area contributed by atoms with Crippen LogP contribution in [0.3, 0.4) is 0 Å². The van der Waals surface area contributed by atoms with Crippen LogP contribution in [0, 0.1) is 0 Å². The van der Waals surface area contributed by atoms with Crippen molar-refractivity contribution in [2.75, 3.05) is 0 Å². The van der Waals surface area contributed by atoms with E-state index in [1.165, 1.54) is 0 Å². The minimum atomic E-state index is -1.84. The predicted octanol–water partition coefficient (Wildman–Crippen LogP) is 3.77. The number of carbonyl (C=O) groups excluding carboxylic acids is 1. The van der Waals surface area contributed by atoms with Crippen LogP contribution in [0.2, 0.25) is 16.6 Å². The van der Waals surface area contributed by atoms with E-state index in [2.05, 4.69) is 41.5 Å². The van der Waals surface area contributed by atoms with Gasteiger partial charge in [0.25, 0.3) is 0 Å². The molecule has 1 unspecified atom stereocenters. The van der Waals surface area contributed by atoms with Gasteiger partial charge in [0.15, 0.2) is 0 Å². The predicted molar refractivity (Wildman–Crippen MR) is 67.7 cm³/mol. The van der Waals surface area contributed by atoms with Gasteiger partial charge in [-0.05, 0) is 23.5 Å². The van der Waals surface area contributed by atoms with Crippen molar-refractivity contribution in [1.29, 1.82) is 0 Å². The molecule has 0 spiro atoms. The summed E-state index contributed by atoms with van der Waals surface area (Å²) in [5, 5.41) is 0. The lowest BCUT2D eigenvalue weighted by atomic mass is 10.5. The lowest BCUT2D eigenvalue weighted by Crippen LogP contribution is -2.50.